The number of pyridine rings is 1. The number of carbonyl (C=O) groups excluding carboxylic acids is 1. The maximum absolute atomic E-state index is 11.1. The van der Waals surface area contributed by atoms with Gasteiger partial charge in [0.1, 0.15) is 0 Å². The first-order valence-electron chi connectivity index (χ1n) is 4.15. The van der Waals surface area contributed by atoms with Gasteiger partial charge >= 0.3 is 0 Å². The first kappa shape index (κ1) is 3.71. The molecule has 0 aromatic carbocycles. The van der Waals surface area contributed by atoms with E-state index in [9.17, 15) is 9.59 Å². The minimum atomic E-state index is -2.76. The molecule has 0 aliphatic heterocycles. The third kappa shape index (κ3) is 1.13. The van der Waals surface area contributed by atoms with Crippen molar-refractivity contribution in [3.8, 4) is 0 Å². The third-order valence-corrected chi connectivity index (χ3v) is 1.06. The lowest BCUT2D eigenvalue weighted by Gasteiger charge is -1.89. The number of aromatic nitrogens is 1. The summed E-state index contributed by atoms with van der Waals surface area (Å²) in [5.41, 5.74) is -1.01. The molecule has 0 aliphatic carbocycles. The Kier molecular flexibility index (Phi) is 0.917. The van der Waals surface area contributed by atoms with Crippen LogP contribution in [0.15, 0.2) is 23.1 Å². The summed E-state index contributed by atoms with van der Waals surface area (Å²) in [6.45, 7) is -2.76. The van der Waals surface area contributed by atoms with Crippen molar-refractivity contribution in [2.75, 3.05) is 0 Å². The summed E-state index contributed by atoms with van der Waals surface area (Å²) >= 11 is 0. The van der Waals surface area contributed by atoms with Crippen molar-refractivity contribution in [1.82, 2.24) is 4.98 Å². The van der Waals surface area contributed by atoms with Crippen molar-refractivity contribution < 1.29 is 8.91 Å². The molecule has 0 atom stereocenters. The standard InChI is InChI=1S/C7H7NO2/c1-5(9)6-3-2-4-8-7(6)10/h2-4H,1H3,(H,8,10)/i1D3. The molecule has 10 heavy (non-hydrogen) atoms. The molecule has 52 valence electrons. The highest BCUT2D eigenvalue weighted by Crippen LogP contribution is 1.88. The zero-order valence-corrected chi connectivity index (χ0v) is 5.05. The number of hydrogen-bond donors (Lipinski definition) is 1. The Bertz CT molecular complexity index is 380. The molecule has 1 aromatic heterocycles. The summed E-state index contributed by atoms with van der Waals surface area (Å²) in [5, 5.41) is 0. The summed E-state index contributed by atoms with van der Waals surface area (Å²) in [5.74, 6) is -1.13. The highest BCUT2D eigenvalue weighted by molar-refractivity contribution is 5.93. The first-order valence-corrected chi connectivity index (χ1v) is 2.65. The van der Waals surface area contributed by atoms with Crippen LogP contribution in [-0.4, -0.2) is 10.8 Å². The average molecular weight is 140 g/mol. The van der Waals surface area contributed by atoms with E-state index in [4.69, 9.17) is 4.11 Å². The van der Waals surface area contributed by atoms with Gasteiger partial charge in [-0.25, -0.2) is 0 Å². The lowest BCUT2D eigenvalue weighted by atomic mass is 10.2. The zero-order valence-electron chi connectivity index (χ0n) is 8.05. The minimum absolute atomic E-state index is 0.331. The van der Waals surface area contributed by atoms with Gasteiger partial charge in [-0.3, -0.25) is 9.59 Å². The minimum Gasteiger partial charge on any atom is -0.328 e. The predicted molar refractivity (Wildman–Crippen MR) is 37.1 cm³/mol. The second-order valence-electron chi connectivity index (χ2n) is 1.74. The van der Waals surface area contributed by atoms with E-state index in [0.29, 0.717) is 0 Å². The Morgan fingerprint density at radius 3 is 3.20 bits per heavy atom. The Hall–Kier alpha value is -1.38. The van der Waals surface area contributed by atoms with Gasteiger partial charge in [-0.05, 0) is 19.0 Å². The van der Waals surface area contributed by atoms with Crippen molar-refractivity contribution in [1.29, 1.82) is 0 Å². The van der Waals surface area contributed by atoms with Crippen LogP contribution in [0.2, 0.25) is 0 Å². The molecule has 0 saturated carbocycles. The Balaban J connectivity index is 3.18. The summed E-state index contributed by atoms with van der Waals surface area (Å²) in [6.07, 6.45) is 1.33. The van der Waals surface area contributed by atoms with Gasteiger partial charge in [-0.15, -0.1) is 0 Å². The molecule has 0 unspecified atom stereocenters. The summed E-state index contributed by atoms with van der Waals surface area (Å²) in [6, 6.07) is 2.59. The SMILES string of the molecule is [2H]C([2H])([2H])C(=O)c1ccc[nH]c1=O. The maximum atomic E-state index is 11.1. The molecule has 0 spiro atoms. The lowest BCUT2D eigenvalue weighted by Crippen LogP contribution is -2.14. The molecule has 3 nitrogen and oxygen atoms in total. The van der Waals surface area contributed by atoms with Crippen LogP contribution in [0.25, 0.3) is 0 Å². The van der Waals surface area contributed by atoms with Crippen LogP contribution in [-0.2, 0) is 0 Å². The van der Waals surface area contributed by atoms with E-state index in [-0.39, 0.29) is 5.56 Å². The maximum Gasteiger partial charge on any atom is 0.258 e. The van der Waals surface area contributed by atoms with E-state index in [1.807, 2.05) is 0 Å². The number of aromatic amines is 1. The molecule has 0 saturated heterocycles. The van der Waals surface area contributed by atoms with Crippen LogP contribution < -0.4 is 5.56 Å². The van der Waals surface area contributed by atoms with Crippen LogP contribution in [0.4, 0.5) is 0 Å². The number of H-pyrrole nitrogens is 1. The molecule has 1 aromatic rings. The fourth-order valence-electron chi connectivity index (χ4n) is 0.600. The zero-order chi connectivity index (χ0) is 10.1. The van der Waals surface area contributed by atoms with Crippen molar-refractivity contribution in [3.05, 3.63) is 34.2 Å². The Morgan fingerprint density at radius 2 is 2.60 bits per heavy atom. The molecule has 1 heterocycles. The highest BCUT2D eigenvalue weighted by atomic mass is 16.1. The van der Waals surface area contributed by atoms with Gasteiger partial charge < -0.3 is 4.98 Å². The van der Waals surface area contributed by atoms with Gasteiger partial charge in [0.15, 0.2) is 5.78 Å². The molecule has 3 heteroatoms. The number of rotatable bonds is 1. The molecule has 0 radical (unpaired) electrons. The Labute approximate surface area is 61.9 Å². The predicted octanol–water partition coefficient (Wildman–Crippen LogP) is 0.578. The largest absolute Gasteiger partial charge is 0.328 e. The van der Waals surface area contributed by atoms with Gasteiger partial charge in [0.25, 0.3) is 5.56 Å². The second-order valence-corrected chi connectivity index (χ2v) is 1.74. The van der Waals surface area contributed by atoms with E-state index in [1.165, 1.54) is 18.3 Å². The van der Waals surface area contributed by atoms with Gasteiger partial charge in [-0.2, -0.15) is 0 Å². The van der Waals surface area contributed by atoms with E-state index in [2.05, 4.69) is 4.98 Å². The van der Waals surface area contributed by atoms with E-state index in [1.54, 1.807) is 0 Å². The molecule has 0 fully saturated rings. The molecule has 0 bridgehead atoms. The van der Waals surface area contributed by atoms with Crippen LogP contribution in [0.1, 0.15) is 21.3 Å². The van der Waals surface area contributed by atoms with Crippen molar-refractivity contribution in [2.24, 2.45) is 0 Å². The summed E-state index contributed by atoms with van der Waals surface area (Å²) in [7, 11) is 0. The van der Waals surface area contributed by atoms with Crippen molar-refractivity contribution >= 4 is 5.78 Å². The molecule has 1 rings (SSSR count). The van der Waals surface area contributed by atoms with E-state index < -0.39 is 18.2 Å². The summed E-state index contributed by atoms with van der Waals surface area (Å²) in [4.78, 5) is 24.3. The van der Waals surface area contributed by atoms with Crippen LogP contribution in [0, 0.1) is 0 Å². The molecule has 0 amide bonds. The normalized spacial score (nSPS) is 15.0. The topological polar surface area (TPSA) is 49.9 Å². The monoisotopic (exact) mass is 140 g/mol. The highest BCUT2D eigenvalue weighted by Gasteiger charge is 2.00. The van der Waals surface area contributed by atoms with Crippen molar-refractivity contribution in [2.45, 2.75) is 6.85 Å². The molecular formula is C7H7NO2. The number of hydrogen-bond acceptors (Lipinski definition) is 2. The number of Topliss-reactive ketones (excluding diaryl/α,β-unsaturated/α-hetero) is 1. The average Bonchev–Trinajstić information content (AvgIpc) is 2.02. The number of carbonyl (C=O) groups is 1. The van der Waals surface area contributed by atoms with Crippen LogP contribution >= 0.6 is 0 Å². The van der Waals surface area contributed by atoms with E-state index >= 15 is 0 Å². The smallest absolute Gasteiger partial charge is 0.258 e. The molecular weight excluding hydrogens is 130 g/mol. The number of nitrogens with one attached hydrogen (secondary N) is 1. The lowest BCUT2D eigenvalue weighted by molar-refractivity contribution is 0.101. The van der Waals surface area contributed by atoms with Crippen molar-refractivity contribution in [3.63, 3.8) is 0 Å². The molecule has 1 N–H and O–H groups in total. The van der Waals surface area contributed by atoms with Gasteiger partial charge in [0.05, 0.1) is 5.56 Å². The fourth-order valence-corrected chi connectivity index (χ4v) is 0.600. The fraction of sp³-hybridized carbons (Fsp3) is 0.143. The first-order chi connectivity index (χ1) is 5.93. The second kappa shape index (κ2) is 2.47. The summed E-state index contributed by atoms with van der Waals surface area (Å²) < 4.78 is 20.4. The van der Waals surface area contributed by atoms with Crippen LogP contribution in [0.5, 0.6) is 0 Å². The number of ketones is 1. The van der Waals surface area contributed by atoms with Crippen LogP contribution in [0.3, 0.4) is 0 Å². The quantitative estimate of drug-likeness (QED) is 0.580. The van der Waals surface area contributed by atoms with E-state index in [0.717, 1.165) is 0 Å². The third-order valence-electron chi connectivity index (χ3n) is 1.06. The van der Waals surface area contributed by atoms with Gasteiger partial charge in [0, 0.05) is 10.3 Å². The molecule has 0 aliphatic rings. The Morgan fingerprint density at radius 1 is 1.80 bits per heavy atom. The van der Waals surface area contributed by atoms with Gasteiger partial charge in [0.2, 0.25) is 0 Å². The van der Waals surface area contributed by atoms with Gasteiger partial charge in [-0.1, -0.05) is 0 Å².